The van der Waals surface area contributed by atoms with E-state index in [1.54, 1.807) is 0 Å². The van der Waals surface area contributed by atoms with Crippen LogP contribution in [0.15, 0.2) is 18.2 Å². The fraction of sp³-hybridized carbons (Fsp3) is 0.400. The van der Waals surface area contributed by atoms with Gasteiger partial charge >= 0.3 is 18.2 Å². The first kappa shape index (κ1) is 24.5. The lowest BCUT2D eigenvalue weighted by atomic mass is 10.0. The molecular weight excluding hydrogens is 436 g/mol. The number of terminal acetylenes is 1. The van der Waals surface area contributed by atoms with Crippen LogP contribution in [-0.2, 0) is 20.5 Å². The Morgan fingerprint density at radius 3 is 2.50 bits per heavy atom. The molecule has 2 rings (SSSR count). The number of hydrogen-bond donors (Lipinski definition) is 1. The number of ether oxygens (including phenoxy) is 1. The van der Waals surface area contributed by atoms with Gasteiger partial charge in [-0.15, -0.1) is 6.42 Å². The highest BCUT2D eigenvalue weighted by atomic mass is 19.4. The average molecular weight is 454 g/mol. The molecule has 1 saturated heterocycles. The van der Waals surface area contributed by atoms with Gasteiger partial charge in [0.1, 0.15) is 24.5 Å². The lowest BCUT2D eigenvalue weighted by Crippen LogP contribution is -2.46. The highest BCUT2D eigenvalue weighted by Crippen LogP contribution is 2.31. The van der Waals surface area contributed by atoms with Crippen molar-refractivity contribution in [2.75, 3.05) is 18.4 Å². The molecule has 0 saturated carbocycles. The third-order valence-corrected chi connectivity index (χ3v) is 4.45. The van der Waals surface area contributed by atoms with E-state index in [9.17, 15) is 37.2 Å². The highest BCUT2D eigenvalue weighted by molar-refractivity contribution is 6.02. The normalized spacial score (nSPS) is 15.9. The molecule has 1 aromatic carbocycles. The molecule has 1 aliphatic rings. The zero-order chi connectivity index (χ0) is 24.2. The van der Waals surface area contributed by atoms with Gasteiger partial charge in [-0.2, -0.15) is 18.4 Å². The molecule has 3 amide bonds. The van der Waals surface area contributed by atoms with E-state index in [4.69, 9.17) is 11.2 Å². The molecule has 1 N–H and O–H groups in total. The lowest BCUT2D eigenvalue weighted by molar-refractivity contribution is -0.156. The average Bonchev–Trinajstić information content (AvgIpc) is 2.97. The Morgan fingerprint density at radius 2 is 2.00 bits per heavy atom. The molecule has 0 radical (unpaired) electrons. The maximum atomic E-state index is 14.2. The SMILES string of the molecule is C#CCN1CC(=O)N(C(C#N)OC(=O)C(Nc2ccc(C(F)(F)F)cc2F)C(C)C)C1=O. The Kier molecular flexibility index (Phi) is 7.31. The number of halogens is 4. The molecule has 2 unspecified atom stereocenters. The van der Waals surface area contributed by atoms with Crippen LogP contribution in [0, 0.1) is 35.4 Å². The Balaban J connectivity index is 2.20. The third-order valence-electron chi connectivity index (χ3n) is 4.45. The molecule has 0 spiro atoms. The molecule has 8 nitrogen and oxygen atoms in total. The maximum Gasteiger partial charge on any atom is 0.416 e. The zero-order valence-electron chi connectivity index (χ0n) is 16.9. The quantitative estimate of drug-likeness (QED) is 0.294. The number of nitrogens with one attached hydrogen (secondary N) is 1. The standard InChI is InChI=1S/C20H18F4N4O4/c1-4-7-27-10-15(29)28(19(27)31)16(9-25)32-18(30)17(11(2)3)26-14-6-5-12(8-13(14)21)20(22,23)24/h1,5-6,8,11,16-17,26H,7,10H2,2-3H3. The largest absolute Gasteiger partial charge is 0.425 e. The first-order valence-corrected chi connectivity index (χ1v) is 9.18. The number of benzene rings is 1. The van der Waals surface area contributed by atoms with E-state index in [-0.39, 0.29) is 12.6 Å². The van der Waals surface area contributed by atoms with E-state index in [2.05, 4.69) is 11.2 Å². The highest BCUT2D eigenvalue weighted by Gasteiger charge is 2.43. The fourth-order valence-corrected chi connectivity index (χ4v) is 2.82. The van der Waals surface area contributed by atoms with Crippen molar-refractivity contribution >= 4 is 23.6 Å². The second-order valence-electron chi connectivity index (χ2n) is 7.08. The van der Waals surface area contributed by atoms with Crippen molar-refractivity contribution in [2.45, 2.75) is 32.3 Å². The second-order valence-corrected chi connectivity index (χ2v) is 7.08. The van der Waals surface area contributed by atoms with Gasteiger partial charge in [-0.1, -0.05) is 19.8 Å². The van der Waals surface area contributed by atoms with E-state index in [0.717, 1.165) is 11.0 Å². The van der Waals surface area contributed by atoms with Crippen LogP contribution in [0.3, 0.4) is 0 Å². The fourth-order valence-electron chi connectivity index (χ4n) is 2.82. The molecule has 1 heterocycles. The minimum absolute atomic E-state index is 0.198. The number of rotatable bonds is 7. The Hall–Kier alpha value is -3.80. The summed E-state index contributed by atoms with van der Waals surface area (Å²) in [7, 11) is 0. The summed E-state index contributed by atoms with van der Waals surface area (Å²) in [5.41, 5.74) is -1.62. The number of anilines is 1. The van der Waals surface area contributed by atoms with Crippen molar-refractivity contribution in [3.63, 3.8) is 0 Å². The summed E-state index contributed by atoms with van der Waals surface area (Å²) in [6, 6.07) is 1.01. The molecule has 1 aromatic rings. The smallest absolute Gasteiger partial charge is 0.416 e. The van der Waals surface area contributed by atoms with Crippen LogP contribution < -0.4 is 5.32 Å². The summed E-state index contributed by atoms with van der Waals surface area (Å²) < 4.78 is 57.3. The number of nitrogens with zero attached hydrogens (tertiary/aromatic N) is 3. The van der Waals surface area contributed by atoms with Gasteiger partial charge < -0.3 is 15.0 Å². The number of hydrogen-bond acceptors (Lipinski definition) is 6. The number of esters is 1. The van der Waals surface area contributed by atoms with Gasteiger partial charge in [-0.05, 0) is 24.1 Å². The molecule has 1 aliphatic heterocycles. The molecule has 0 bridgehead atoms. The molecule has 0 aliphatic carbocycles. The van der Waals surface area contributed by atoms with E-state index in [0.29, 0.717) is 11.0 Å². The Labute approximate surface area is 180 Å². The zero-order valence-corrected chi connectivity index (χ0v) is 16.9. The van der Waals surface area contributed by atoms with Crippen LogP contribution in [0.4, 0.5) is 28.0 Å². The van der Waals surface area contributed by atoms with Gasteiger partial charge in [-0.3, -0.25) is 4.79 Å². The Morgan fingerprint density at radius 1 is 1.34 bits per heavy atom. The Bertz CT molecular complexity index is 997. The number of carbonyl (C=O) groups is 3. The topological polar surface area (TPSA) is 103 Å². The van der Waals surface area contributed by atoms with Gasteiger partial charge in [0.15, 0.2) is 0 Å². The van der Waals surface area contributed by atoms with Crippen molar-refractivity contribution in [2.24, 2.45) is 5.92 Å². The van der Waals surface area contributed by atoms with Crippen molar-refractivity contribution in [3.8, 4) is 18.4 Å². The summed E-state index contributed by atoms with van der Waals surface area (Å²) in [6.45, 7) is 2.46. The number of amides is 3. The molecule has 12 heteroatoms. The summed E-state index contributed by atoms with van der Waals surface area (Å²) in [4.78, 5) is 38.4. The van der Waals surface area contributed by atoms with Crippen molar-refractivity contribution in [3.05, 3.63) is 29.6 Å². The predicted octanol–water partition coefficient (Wildman–Crippen LogP) is 2.57. The molecule has 32 heavy (non-hydrogen) atoms. The number of urea groups is 1. The van der Waals surface area contributed by atoms with Gasteiger partial charge in [0.25, 0.3) is 12.1 Å². The van der Waals surface area contributed by atoms with E-state index < -0.39 is 65.9 Å². The number of imide groups is 1. The molecule has 2 atom stereocenters. The monoisotopic (exact) mass is 454 g/mol. The third kappa shape index (κ3) is 5.27. The number of alkyl halides is 3. The van der Waals surface area contributed by atoms with Crippen molar-refractivity contribution in [1.29, 1.82) is 5.26 Å². The van der Waals surface area contributed by atoms with E-state index in [1.807, 2.05) is 0 Å². The molecule has 170 valence electrons. The summed E-state index contributed by atoms with van der Waals surface area (Å²) in [6.07, 6.45) is -1.55. The lowest BCUT2D eigenvalue weighted by Gasteiger charge is -2.26. The first-order chi connectivity index (χ1) is 14.9. The molecule has 0 aromatic heterocycles. The van der Waals surface area contributed by atoms with E-state index >= 15 is 0 Å². The van der Waals surface area contributed by atoms with Gasteiger partial charge in [0.05, 0.1) is 17.8 Å². The summed E-state index contributed by atoms with van der Waals surface area (Å²) in [5.74, 6) is -1.60. The maximum absolute atomic E-state index is 14.2. The van der Waals surface area contributed by atoms with Crippen molar-refractivity contribution in [1.82, 2.24) is 9.80 Å². The van der Waals surface area contributed by atoms with Gasteiger partial charge in [0, 0.05) is 0 Å². The summed E-state index contributed by atoms with van der Waals surface area (Å²) in [5, 5.41) is 11.8. The molecule has 1 fully saturated rings. The summed E-state index contributed by atoms with van der Waals surface area (Å²) >= 11 is 0. The minimum atomic E-state index is -4.75. The minimum Gasteiger partial charge on any atom is -0.425 e. The van der Waals surface area contributed by atoms with Crippen LogP contribution in [0.1, 0.15) is 19.4 Å². The van der Waals surface area contributed by atoms with Crippen LogP contribution in [0.2, 0.25) is 0 Å². The van der Waals surface area contributed by atoms with Crippen LogP contribution in [-0.4, -0.2) is 53.1 Å². The van der Waals surface area contributed by atoms with Crippen LogP contribution >= 0.6 is 0 Å². The predicted molar refractivity (Wildman–Crippen MR) is 102 cm³/mol. The van der Waals surface area contributed by atoms with Crippen molar-refractivity contribution < 1.29 is 36.7 Å². The first-order valence-electron chi connectivity index (χ1n) is 9.18. The van der Waals surface area contributed by atoms with Crippen LogP contribution in [0.5, 0.6) is 0 Å². The van der Waals surface area contributed by atoms with Gasteiger partial charge in [0.2, 0.25) is 0 Å². The number of nitriles is 1. The van der Waals surface area contributed by atoms with Crippen LogP contribution in [0.25, 0.3) is 0 Å². The van der Waals surface area contributed by atoms with Gasteiger partial charge in [-0.25, -0.2) is 18.9 Å². The van der Waals surface area contributed by atoms with E-state index in [1.165, 1.54) is 19.9 Å². The molecular formula is C20H18F4N4O4. The second kappa shape index (κ2) is 9.56. The number of carbonyl (C=O) groups excluding carboxylic acids is 3.